The largest absolute Gasteiger partial charge is 0.509 e. The maximum absolute atomic E-state index is 12.2. The van der Waals surface area contributed by atoms with Gasteiger partial charge in [-0.25, -0.2) is 0 Å². The van der Waals surface area contributed by atoms with Gasteiger partial charge in [-0.2, -0.15) is 0 Å². The van der Waals surface area contributed by atoms with E-state index < -0.39 is 30.2 Å². The Morgan fingerprint density at radius 1 is 0.826 bits per heavy atom. The Kier molecular flexibility index (Phi) is 4.49. The fraction of sp³-hybridized carbons (Fsp3) is 0.176. The van der Waals surface area contributed by atoms with Crippen LogP contribution in [0.25, 0.3) is 0 Å². The Morgan fingerprint density at radius 3 is 1.52 bits per heavy atom. The van der Waals surface area contributed by atoms with Crippen LogP contribution in [0.3, 0.4) is 0 Å². The molecule has 0 aliphatic heterocycles. The van der Waals surface area contributed by atoms with Crippen molar-refractivity contribution < 1.29 is 30.0 Å². The number of aliphatic hydroxyl groups excluding tert-OH is 4. The third kappa shape index (κ3) is 3.08. The summed E-state index contributed by atoms with van der Waals surface area (Å²) in [4.78, 5) is 24.4. The topological polar surface area (TPSA) is 115 Å². The lowest BCUT2D eigenvalue weighted by Crippen LogP contribution is -2.25. The van der Waals surface area contributed by atoms with Gasteiger partial charge in [-0.05, 0) is 35.5 Å². The SMILES string of the molecule is C=C1C(C(=O)CC(=O)C2=CC=C(O)C(O)C2=C)=CC=C(O)C1O. The molecular weight excluding hydrogens is 300 g/mol. The molecule has 2 rings (SSSR count). The van der Waals surface area contributed by atoms with E-state index in [1.807, 2.05) is 0 Å². The minimum Gasteiger partial charge on any atom is -0.509 e. The van der Waals surface area contributed by atoms with E-state index in [0.717, 1.165) is 0 Å². The molecule has 0 fully saturated rings. The van der Waals surface area contributed by atoms with Crippen LogP contribution in [0, 0.1) is 0 Å². The summed E-state index contributed by atoms with van der Waals surface area (Å²) in [5, 5.41) is 38.1. The van der Waals surface area contributed by atoms with Crippen molar-refractivity contribution in [2.75, 3.05) is 0 Å². The third-order valence-electron chi connectivity index (χ3n) is 3.68. The van der Waals surface area contributed by atoms with Gasteiger partial charge in [0.05, 0.1) is 6.42 Å². The molecule has 2 unspecified atom stereocenters. The molecule has 2 aliphatic rings. The summed E-state index contributed by atoms with van der Waals surface area (Å²) in [5.74, 6) is -1.82. The monoisotopic (exact) mass is 316 g/mol. The third-order valence-corrected chi connectivity index (χ3v) is 3.68. The Bertz CT molecular complexity index is 670. The highest BCUT2D eigenvalue weighted by Gasteiger charge is 2.29. The van der Waals surface area contributed by atoms with Crippen molar-refractivity contribution in [2.45, 2.75) is 18.6 Å². The highest BCUT2D eigenvalue weighted by Crippen LogP contribution is 2.27. The summed E-state index contributed by atoms with van der Waals surface area (Å²) in [6, 6.07) is 0. The molecule has 2 atom stereocenters. The molecule has 0 aromatic carbocycles. The van der Waals surface area contributed by atoms with Crippen molar-refractivity contribution in [3.8, 4) is 0 Å². The van der Waals surface area contributed by atoms with E-state index in [2.05, 4.69) is 13.2 Å². The van der Waals surface area contributed by atoms with Crippen molar-refractivity contribution in [3.63, 3.8) is 0 Å². The van der Waals surface area contributed by atoms with E-state index in [-0.39, 0.29) is 33.8 Å². The number of ketones is 2. The standard InChI is InChI=1S/C17H16O6/c1-8-10(3-5-12(18)16(8)22)14(20)7-15(21)11-4-6-13(19)17(23)9(11)2/h3-6,16-19,22-23H,1-2,7H2. The van der Waals surface area contributed by atoms with Crippen LogP contribution in [0.15, 0.2) is 71.3 Å². The molecule has 0 radical (unpaired) electrons. The molecule has 0 spiro atoms. The molecule has 120 valence electrons. The second-order valence-electron chi connectivity index (χ2n) is 5.22. The van der Waals surface area contributed by atoms with Crippen LogP contribution in [0.4, 0.5) is 0 Å². The first-order valence-electron chi connectivity index (χ1n) is 6.76. The molecule has 0 bridgehead atoms. The number of Topliss-reactive ketones (excluding diaryl/α,β-unsaturated/α-hetero) is 2. The summed E-state index contributed by atoms with van der Waals surface area (Å²) >= 11 is 0. The molecular formula is C17H16O6. The molecule has 0 amide bonds. The van der Waals surface area contributed by atoms with E-state index in [0.29, 0.717) is 0 Å². The summed E-state index contributed by atoms with van der Waals surface area (Å²) in [5.41, 5.74) is 0.114. The first kappa shape index (κ1) is 16.7. The van der Waals surface area contributed by atoms with Crippen LogP contribution >= 0.6 is 0 Å². The Balaban J connectivity index is 2.17. The van der Waals surface area contributed by atoms with Gasteiger partial charge >= 0.3 is 0 Å². The van der Waals surface area contributed by atoms with Gasteiger partial charge in [-0.1, -0.05) is 13.2 Å². The average Bonchev–Trinajstić information content (AvgIpc) is 2.50. The molecule has 0 aromatic heterocycles. The molecule has 23 heavy (non-hydrogen) atoms. The van der Waals surface area contributed by atoms with Gasteiger partial charge in [-0.15, -0.1) is 0 Å². The van der Waals surface area contributed by atoms with Crippen molar-refractivity contribution in [1.29, 1.82) is 0 Å². The molecule has 0 saturated carbocycles. The number of hydrogen-bond donors (Lipinski definition) is 4. The van der Waals surface area contributed by atoms with Gasteiger partial charge in [0, 0.05) is 11.1 Å². The lowest BCUT2D eigenvalue weighted by atomic mass is 9.87. The molecule has 4 N–H and O–H groups in total. The second kappa shape index (κ2) is 6.20. The molecule has 0 heterocycles. The predicted octanol–water partition coefficient (Wildman–Crippen LogP) is 1.11. The summed E-state index contributed by atoms with van der Waals surface area (Å²) in [6.07, 6.45) is 1.63. The zero-order valence-electron chi connectivity index (χ0n) is 12.2. The van der Waals surface area contributed by atoms with E-state index in [4.69, 9.17) is 0 Å². The quantitative estimate of drug-likeness (QED) is 0.578. The first-order chi connectivity index (χ1) is 10.7. The number of hydrogen-bond acceptors (Lipinski definition) is 6. The van der Waals surface area contributed by atoms with Gasteiger partial charge in [0.25, 0.3) is 0 Å². The Labute approximate surface area is 132 Å². The number of rotatable bonds is 4. The van der Waals surface area contributed by atoms with Crippen molar-refractivity contribution in [1.82, 2.24) is 0 Å². The van der Waals surface area contributed by atoms with E-state index >= 15 is 0 Å². The molecule has 0 aromatic rings. The van der Waals surface area contributed by atoms with Crippen LogP contribution in [0.1, 0.15) is 6.42 Å². The van der Waals surface area contributed by atoms with Gasteiger partial charge in [0.2, 0.25) is 0 Å². The average molecular weight is 316 g/mol. The Hall–Kier alpha value is -2.70. The first-order valence-corrected chi connectivity index (χ1v) is 6.76. The van der Waals surface area contributed by atoms with Crippen LogP contribution < -0.4 is 0 Å². The maximum atomic E-state index is 12.2. The normalized spacial score (nSPS) is 24.4. The lowest BCUT2D eigenvalue weighted by molar-refractivity contribution is -0.122. The molecule has 2 aliphatic carbocycles. The number of carbonyl (C=O) groups is 2. The summed E-state index contributed by atoms with van der Waals surface area (Å²) in [6.45, 7) is 7.08. The van der Waals surface area contributed by atoms with Gasteiger partial charge in [-0.3, -0.25) is 9.59 Å². The highest BCUT2D eigenvalue weighted by molar-refractivity contribution is 6.16. The number of aliphatic hydroxyl groups is 4. The second-order valence-corrected chi connectivity index (χ2v) is 5.22. The molecule has 6 nitrogen and oxygen atoms in total. The molecule has 6 heteroatoms. The zero-order chi connectivity index (χ0) is 17.3. The van der Waals surface area contributed by atoms with Gasteiger partial charge < -0.3 is 20.4 Å². The van der Waals surface area contributed by atoms with Crippen LogP contribution in [-0.2, 0) is 9.59 Å². The van der Waals surface area contributed by atoms with E-state index in [9.17, 15) is 30.0 Å². The van der Waals surface area contributed by atoms with Gasteiger partial charge in [0.1, 0.15) is 23.7 Å². The van der Waals surface area contributed by atoms with Crippen molar-refractivity contribution in [2.24, 2.45) is 0 Å². The highest BCUT2D eigenvalue weighted by atomic mass is 16.3. The van der Waals surface area contributed by atoms with Crippen molar-refractivity contribution in [3.05, 3.63) is 71.3 Å². The van der Waals surface area contributed by atoms with Crippen molar-refractivity contribution >= 4 is 11.6 Å². The van der Waals surface area contributed by atoms with E-state index in [1.165, 1.54) is 24.3 Å². The fourth-order valence-corrected chi connectivity index (χ4v) is 2.27. The van der Waals surface area contributed by atoms with Crippen LogP contribution in [0.5, 0.6) is 0 Å². The smallest absolute Gasteiger partial charge is 0.170 e. The van der Waals surface area contributed by atoms with Gasteiger partial charge in [0.15, 0.2) is 11.6 Å². The summed E-state index contributed by atoms with van der Waals surface area (Å²) < 4.78 is 0. The lowest BCUT2D eigenvalue weighted by Gasteiger charge is -2.21. The Morgan fingerprint density at radius 2 is 1.17 bits per heavy atom. The minimum atomic E-state index is -1.38. The molecule has 0 saturated heterocycles. The number of carbonyl (C=O) groups excluding carboxylic acids is 2. The maximum Gasteiger partial charge on any atom is 0.170 e. The predicted molar refractivity (Wildman–Crippen MR) is 82.5 cm³/mol. The zero-order valence-corrected chi connectivity index (χ0v) is 12.2. The minimum absolute atomic E-state index is 0.0109. The van der Waals surface area contributed by atoms with Crippen LogP contribution in [0.2, 0.25) is 0 Å². The summed E-state index contributed by atoms with van der Waals surface area (Å²) in [7, 11) is 0. The van der Waals surface area contributed by atoms with E-state index in [1.54, 1.807) is 0 Å². The van der Waals surface area contributed by atoms with Crippen LogP contribution in [-0.4, -0.2) is 44.2 Å². The number of allylic oxidation sites excluding steroid dienone is 4. The fourth-order valence-electron chi connectivity index (χ4n) is 2.27.